The van der Waals surface area contributed by atoms with Crippen LogP contribution in [0.1, 0.15) is 13.8 Å². The molecule has 0 spiro atoms. The maximum absolute atomic E-state index is 11.6. The quantitative estimate of drug-likeness (QED) is 0.584. The molecule has 6 nitrogen and oxygen atoms in total. The van der Waals surface area contributed by atoms with Crippen LogP contribution in [-0.4, -0.2) is 30.2 Å². The number of benzene rings is 1. The van der Waals surface area contributed by atoms with Gasteiger partial charge in [0, 0.05) is 24.8 Å². The lowest BCUT2D eigenvalue weighted by Gasteiger charge is -2.37. The molecule has 2 rings (SSSR count). The van der Waals surface area contributed by atoms with Gasteiger partial charge in [0.25, 0.3) is 5.69 Å². The average Bonchev–Trinajstić information content (AvgIpc) is 2.26. The normalized spacial score (nSPS) is 24.0. The van der Waals surface area contributed by atoms with Crippen molar-refractivity contribution in [3.05, 3.63) is 28.3 Å². The van der Waals surface area contributed by atoms with Crippen LogP contribution in [-0.2, 0) is 4.74 Å². The van der Waals surface area contributed by atoms with Crippen LogP contribution in [0, 0.1) is 10.1 Å². The summed E-state index contributed by atoms with van der Waals surface area (Å²) in [4.78, 5) is 11.9. The van der Waals surface area contributed by atoms with Crippen molar-refractivity contribution in [1.82, 2.24) is 0 Å². The van der Waals surface area contributed by atoms with E-state index in [0.29, 0.717) is 18.8 Å². The Morgan fingerprint density at radius 1 is 1.33 bits per heavy atom. The molecule has 2 atom stereocenters. The van der Waals surface area contributed by atoms with Gasteiger partial charge >= 0.3 is 0 Å². The second kappa shape index (κ2) is 4.81. The number of hydrogen-bond acceptors (Lipinski definition) is 5. The van der Waals surface area contributed by atoms with Crippen molar-refractivity contribution < 1.29 is 14.8 Å². The summed E-state index contributed by atoms with van der Waals surface area (Å²) < 4.78 is 5.60. The van der Waals surface area contributed by atoms with Crippen LogP contribution in [0.25, 0.3) is 0 Å². The maximum Gasteiger partial charge on any atom is 0.261 e. The van der Waals surface area contributed by atoms with Gasteiger partial charge in [-0.2, -0.15) is 0 Å². The first-order valence-corrected chi connectivity index (χ1v) is 5.83. The third-order valence-corrected chi connectivity index (χ3v) is 2.92. The summed E-state index contributed by atoms with van der Waals surface area (Å²) in [6.45, 7) is 5.29. The summed E-state index contributed by atoms with van der Waals surface area (Å²) >= 11 is 0. The molecule has 1 heterocycles. The summed E-state index contributed by atoms with van der Waals surface area (Å²) in [7, 11) is 0. The Bertz CT molecular complexity index is 453. The predicted octanol–water partition coefficient (Wildman–Crippen LogP) is 1.28. The zero-order valence-electron chi connectivity index (χ0n) is 10.3. The van der Waals surface area contributed by atoms with Crippen LogP contribution >= 0.6 is 0 Å². The smallest absolute Gasteiger partial charge is 0.261 e. The minimum Gasteiger partial charge on any atom is -0.868 e. The number of hydrogen-bond donors (Lipinski definition) is 0. The number of rotatable bonds is 2. The molecule has 0 N–H and O–H groups in total. The van der Waals surface area contributed by atoms with E-state index in [0.717, 1.165) is 0 Å². The van der Waals surface area contributed by atoms with Crippen LogP contribution in [0.4, 0.5) is 11.4 Å². The van der Waals surface area contributed by atoms with E-state index in [1.807, 2.05) is 18.7 Å². The van der Waals surface area contributed by atoms with E-state index in [-0.39, 0.29) is 17.9 Å². The first-order valence-electron chi connectivity index (χ1n) is 5.83. The van der Waals surface area contributed by atoms with Crippen molar-refractivity contribution in [3.63, 3.8) is 0 Å². The largest absolute Gasteiger partial charge is 0.868 e. The molecule has 18 heavy (non-hydrogen) atoms. The highest BCUT2D eigenvalue weighted by atomic mass is 16.6. The highest BCUT2D eigenvalue weighted by Gasteiger charge is 2.22. The molecule has 0 aromatic heterocycles. The SMILES string of the molecule is C[C@@H]1CN(c2ccc([N+](=O)[O-])c([O-])c2)C[C@H](C)O1. The Morgan fingerprint density at radius 3 is 2.44 bits per heavy atom. The lowest BCUT2D eigenvalue weighted by molar-refractivity contribution is -0.398. The molecule has 0 saturated carbocycles. The van der Waals surface area contributed by atoms with E-state index in [1.54, 1.807) is 6.07 Å². The summed E-state index contributed by atoms with van der Waals surface area (Å²) in [6, 6.07) is 4.20. The van der Waals surface area contributed by atoms with E-state index in [2.05, 4.69) is 0 Å². The van der Waals surface area contributed by atoms with Gasteiger partial charge in [0.05, 0.1) is 17.1 Å². The van der Waals surface area contributed by atoms with Gasteiger partial charge in [-0.05, 0) is 31.7 Å². The van der Waals surface area contributed by atoms with Gasteiger partial charge in [-0.25, -0.2) is 0 Å². The minimum absolute atomic E-state index is 0.0824. The topological polar surface area (TPSA) is 78.7 Å². The molecule has 1 fully saturated rings. The Balaban J connectivity index is 2.23. The van der Waals surface area contributed by atoms with Gasteiger partial charge in [0.15, 0.2) is 0 Å². The molecule has 0 bridgehead atoms. The van der Waals surface area contributed by atoms with Crippen LogP contribution in [0.3, 0.4) is 0 Å². The number of anilines is 1. The number of nitrogens with zero attached hydrogens (tertiary/aromatic N) is 2. The molecule has 0 amide bonds. The Labute approximate surface area is 105 Å². The zero-order chi connectivity index (χ0) is 13.3. The average molecular weight is 251 g/mol. The molecule has 1 aromatic rings. The zero-order valence-corrected chi connectivity index (χ0v) is 10.3. The Kier molecular flexibility index (Phi) is 3.38. The highest BCUT2D eigenvalue weighted by molar-refractivity contribution is 5.58. The number of ether oxygens (including phenoxy) is 1. The Morgan fingerprint density at radius 2 is 1.94 bits per heavy atom. The summed E-state index contributed by atoms with van der Waals surface area (Å²) in [6.07, 6.45) is 0.165. The van der Waals surface area contributed by atoms with E-state index in [4.69, 9.17) is 4.74 Å². The molecule has 0 radical (unpaired) electrons. The van der Waals surface area contributed by atoms with Crippen LogP contribution < -0.4 is 10.0 Å². The van der Waals surface area contributed by atoms with Crippen molar-refractivity contribution in [3.8, 4) is 5.75 Å². The molecule has 0 unspecified atom stereocenters. The molecule has 1 aliphatic rings. The van der Waals surface area contributed by atoms with E-state index < -0.39 is 10.7 Å². The summed E-state index contributed by atoms with van der Waals surface area (Å²) in [5, 5.41) is 22.2. The van der Waals surface area contributed by atoms with Crippen molar-refractivity contribution in [2.24, 2.45) is 0 Å². The number of morpholine rings is 1. The van der Waals surface area contributed by atoms with E-state index >= 15 is 0 Å². The molecule has 1 aliphatic heterocycles. The first-order chi connectivity index (χ1) is 8.47. The predicted molar refractivity (Wildman–Crippen MR) is 64.8 cm³/mol. The molecule has 6 heteroatoms. The third kappa shape index (κ3) is 2.53. The minimum atomic E-state index is -0.656. The van der Waals surface area contributed by atoms with Crippen molar-refractivity contribution in [1.29, 1.82) is 0 Å². The fraction of sp³-hybridized carbons (Fsp3) is 0.500. The molecule has 98 valence electrons. The van der Waals surface area contributed by atoms with Gasteiger partial charge in [-0.1, -0.05) is 0 Å². The first kappa shape index (κ1) is 12.6. The number of nitro benzene ring substituents is 1. The monoisotopic (exact) mass is 251 g/mol. The lowest BCUT2D eigenvalue weighted by Crippen LogP contribution is -2.45. The van der Waals surface area contributed by atoms with Crippen molar-refractivity contribution >= 4 is 11.4 Å². The molecular weight excluding hydrogens is 236 g/mol. The van der Waals surface area contributed by atoms with Crippen molar-refractivity contribution in [2.75, 3.05) is 18.0 Å². The molecule has 0 aliphatic carbocycles. The van der Waals surface area contributed by atoms with Gasteiger partial charge < -0.3 is 14.7 Å². The summed E-state index contributed by atoms with van der Waals surface area (Å²) in [5.74, 6) is -0.552. The second-order valence-electron chi connectivity index (χ2n) is 4.57. The highest BCUT2D eigenvalue weighted by Crippen LogP contribution is 2.29. The van der Waals surface area contributed by atoms with Gasteiger partial charge in [0.1, 0.15) is 0 Å². The number of nitro groups is 1. The Hall–Kier alpha value is -1.82. The maximum atomic E-state index is 11.6. The van der Waals surface area contributed by atoms with Crippen LogP contribution in [0.15, 0.2) is 18.2 Å². The summed E-state index contributed by atoms with van der Waals surface area (Å²) in [5.41, 5.74) is 0.334. The van der Waals surface area contributed by atoms with Gasteiger partial charge in [0.2, 0.25) is 0 Å². The molecule has 1 saturated heterocycles. The third-order valence-electron chi connectivity index (χ3n) is 2.92. The lowest BCUT2D eigenvalue weighted by atomic mass is 10.2. The van der Waals surface area contributed by atoms with Crippen LogP contribution in [0.5, 0.6) is 5.75 Å². The standard InChI is InChI=1S/C12H16N2O4/c1-8-6-13(7-9(2)18-8)10-3-4-11(14(16)17)12(15)5-10/h3-5,8-9,15H,6-7H2,1-2H3/p-1/t8-,9+. The fourth-order valence-electron chi connectivity index (χ4n) is 2.24. The molecular formula is C12H15N2O4-. The van der Waals surface area contributed by atoms with Gasteiger partial charge in [-0.3, -0.25) is 10.1 Å². The molecule has 1 aromatic carbocycles. The van der Waals surface area contributed by atoms with E-state index in [1.165, 1.54) is 12.1 Å². The second-order valence-corrected chi connectivity index (χ2v) is 4.57. The fourth-order valence-corrected chi connectivity index (χ4v) is 2.24. The van der Waals surface area contributed by atoms with Gasteiger partial charge in [-0.15, -0.1) is 0 Å². The van der Waals surface area contributed by atoms with E-state index in [9.17, 15) is 15.2 Å². The van der Waals surface area contributed by atoms with Crippen LogP contribution in [0.2, 0.25) is 0 Å². The van der Waals surface area contributed by atoms with Crippen molar-refractivity contribution in [2.45, 2.75) is 26.1 Å².